The van der Waals surface area contributed by atoms with Crippen molar-refractivity contribution in [2.45, 2.75) is 30.5 Å². The number of fused-ring (bicyclic) bond motifs is 1. The van der Waals surface area contributed by atoms with Gasteiger partial charge in [-0.2, -0.15) is 0 Å². The molecule has 1 aromatic heterocycles. The fraction of sp³-hybridized carbons (Fsp3) is 0.318. The molecule has 1 saturated heterocycles. The van der Waals surface area contributed by atoms with Gasteiger partial charge in [0.15, 0.2) is 16.9 Å². The maximum Gasteiger partial charge on any atom is 0.197 e. The number of aliphatic hydroxyl groups excluding tert-OH is 4. The highest BCUT2D eigenvalue weighted by molar-refractivity contribution is 5.88. The Hall–Kier alpha value is -3.35. The molecule has 4 rings (SSSR count). The maximum absolute atomic E-state index is 12.9. The van der Waals surface area contributed by atoms with Gasteiger partial charge in [-0.3, -0.25) is 4.79 Å². The van der Waals surface area contributed by atoms with Crippen molar-refractivity contribution in [2.75, 3.05) is 13.7 Å². The van der Waals surface area contributed by atoms with Crippen LogP contribution in [0.3, 0.4) is 0 Å². The van der Waals surface area contributed by atoms with E-state index < -0.39 is 54.1 Å². The molecule has 33 heavy (non-hydrogen) atoms. The zero-order valence-corrected chi connectivity index (χ0v) is 17.2. The average molecular weight is 462 g/mol. The first-order chi connectivity index (χ1) is 15.7. The Morgan fingerprint density at radius 2 is 1.70 bits per heavy atom. The van der Waals surface area contributed by atoms with Gasteiger partial charge in [0.1, 0.15) is 58.7 Å². The molecule has 11 heteroatoms. The number of hydrogen-bond donors (Lipinski definition) is 7. The van der Waals surface area contributed by atoms with E-state index in [1.165, 1.54) is 31.4 Å². The van der Waals surface area contributed by atoms with Crippen LogP contribution in [-0.2, 0) is 4.74 Å². The smallest absolute Gasteiger partial charge is 0.197 e. The standard InChI is InChI=1S/C22H22O11/c1-31-13-6-14-16(11(26)5-12(32-14)8-2-3-9(24)10(25)4-8)19(28)17(13)22-21(30)20(29)18(27)15(7-23)33-22/h2-6,15,18,20-25,27-30H,7H2,1H3/t15-,18-,20+,21-,22+/m0/s1. The third-order valence-corrected chi connectivity index (χ3v) is 5.65. The van der Waals surface area contributed by atoms with Gasteiger partial charge >= 0.3 is 0 Å². The predicted octanol–water partition coefficient (Wildman–Crippen LogP) is 0.100. The Kier molecular flexibility index (Phi) is 5.91. The van der Waals surface area contributed by atoms with Crippen LogP contribution in [0.5, 0.6) is 23.0 Å². The third kappa shape index (κ3) is 3.75. The fourth-order valence-corrected chi connectivity index (χ4v) is 3.90. The molecule has 0 bridgehead atoms. The lowest BCUT2D eigenvalue weighted by Gasteiger charge is -2.40. The number of benzene rings is 2. The molecule has 0 spiro atoms. The summed E-state index contributed by atoms with van der Waals surface area (Å²) < 4.78 is 16.5. The summed E-state index contributed by atoms with van der Waals surface area (Å²) in [4.78, 5) is 12.9. The van der Waals surface area contributed by atoms with Crippen LogP contribution in [0, 0.1) is 0 Å². The lowest BCUT2D eigenvalue weighted by atomic mass is 9.89. The van der Waals surface area contributed by atoms with Crippen LogP contribution in [0.2, 0.25) is 0 Å². The third-order valence-electron chi connectivity index (χ3n) is 5.65. The van der Waals surface area contributed by atoms with Crippen molar-refractivity contribution in [3.8, 4) is 34.3 Å². The summed E-state index contributed by atoms with van der Waals surface area (Å²) in [5.41, 5.74) is -0.664. The molecule has 1 aliphatic heterocycles. The van der Waals surface area contributed by atoms with Gasteiger partial charge in [-0.05, 0) is 18.2 Å². The number of rotatable bonds is 4. The zero-order valence-electron chi connectivity index (χ0n) is 17.2. The molecule has 2 heterocycles. The molecular formula is C22H22O11. The molecule has 176 valence electrons. The number of aliphatic hydroxyl groups is 4. The van der Waals surface area contributed by atoms with Crippen molar-refractivity contribution in [1.82, 2.24) is 0 Å². The first-order valence-corrected chi connectivity index (χ1v) is 9.88. The summed E-state index contributed by atoms with van der Waals surface area (Å²) >= 11 is 0. The van der Waals surface area contributed by atoms with E-state index in [0.29, 0.717) is 0 Å². The summed E-state index contributed by atoms with van der Waals surface area (Å²) in [5.74, 6) is -1.44. The first-order valence-electron chi connectivity index (χ1n) is 9.88. The summed E-state index contributed by atoms with van der Waals surface area (Å²) in [6.07, 6.45) is -7.72. The Bertz CT molecular complexity index is 1250. The topological polar surface area (TPSA) is 190 Å². The Labute approximate surface area is 185 Å². The van der Waals surface area contributed by atoms with Crippen molar-refractivity contribution in [3.05, 3.63) is 46.1 Å². The highest BCUT2D eigenvalue weighted by Crippen LogP contribution is 2.45. The predicted molar refractivity (Wildman–Crippen MR) is 112 cm³/mol. The monoisotopic (exact) mass is 462 g/mol. The minimum Gasteiger partial charge on any atom is -0.506 e. The normalized spacial score (nSPS) is 25.3. The van der Waals surface area contributed by atoms with Crippen LogP contribution < -0.4 is 10.2 Å². The number of aromatic hydroxyl groups is 3. The molecule has 0 radical (unpaired) electrons. The van der Waals surface area contributed by atoms with E-state index in [9.17, 15) is 40.5 Å². The molecule has 1 fully saturated rings. The highest BCUT2D eigenvalue weighted by atomic mass is 16.5. The first kappa shape index (κ1) is 22.8. The van der Waals surface area contributed by atoms with Gasteiger partial charge in [-0.15, -0.1) is 0 Å². The van der Waals surface area contributed by atoms with Crippen LogP contribution in [0.25, 0.3) is 22.3 Å². The van der Waals surface area contributed by atoms with E-state index in [1.807, 2.05) is 0 Å². The van der Waals surface area contributed by atoms with Gasteiger partial charge < -0.3 is 49.6 Å². The molecule has 0 aliphatic carbocycles. The average Bonchev–Trinajstić information content (AvgIpc) is 2.79. The summed E-state index contributed by atoms with van der Waals surface area (Å²) in [6.45, 7) is -0.678. The molecule has 0 saturated carbocycles. The van der Waals surface area contributed by atoms with E-state index in [0.717, 1.165) is 6.07 Å². The van der Waals surface area contributed by atoms with E-state index in [-0.39, 0.29) is 39.4 Å². The quantitative estimate of drug-likeness (QED) is 0.260. The second-order valence-electron chi connectivity index (χ2n) is 7.64. The van der Waals surface area contributed by atoms with Crippen LogP contribution in [0.1, 0.15) is 11.7 Å². The SMILES string of the molecule is COc1cc2oc(-c3ccc(O)c(O)c3)cc(=O)c2c(O)c1[C@H]1O[C@@H](CO)[C@H](O)[C@@H](O)[C@@H]1O. The second kappa shape index (κ2) is 8.54. The van der Waals surface area contributed by atoms with E-state index >= 15 is 0 Å². The molecule has 2 aromatic carbocycles. The minimum absolute atomic E-state index is 0.0323. The zero-order chi connectivity index (χ0) is 24.0. The molecule has 11 nitrogen and oxygen atoms in total. The van der Waals surface area contributed by atoms with Crippen molar-refractivity contribution in [1.29, 1.82) is 0 Å². The highest BCUT2D eigenvalue weighted by Gasteiger charge is 2.46. The van der Waals surface area contributed by atoms with Crippen molar-refractivity contribution in [3.63, 3.8) is 0 Å². The molecule has 0 unspecified atom stereocenters. The van der Waals surface area contributed by atoms with Gasteiger partial charge in [0, 0.05) is 17.7 Å². The van der Waals surface area contributed by atoms with Gasteiger partial charge in [-0.1, -0.05) is 0 Å². The number of methoxy groups -OCH3 is 1. The Morgan fingerprint density at radius 1 is 0.970 bits per heavy atom. The van der Waals surface area contributed by atoms with Crippen LogP contribution in [0.4, 0.5) is 0 Å². The molecule has 7 N–H and O–H groups in total. The van der Waals surface area contributed by atoms with E-state index in [2.05, 4.69) is 0 Å². The number of hydrogen-bond acceptors (Lipinski definition) is 11. The van der Waals surface area contributed by atoms with Gasteiger partial charge in [0.25, 0.3) is 0 Å². The van der Waals surface area contributed by atoms with Crippen LogP contribution >= 0.6 is 0 Å². The summed E-state index contributed by atoms with van der Waals surface area (Å²) in [5, 5.41) is 70.0. The number of phenolic OH excluding ortho intramolecular Hbond substituents is 3. The van der Waals surface area contributed by atoms with Crippen LogP contribution in [-0.4, -0.2) is 73.9 Å². The lowest BCUT2D eigenvalue weighted by Crippen LogP contribution is -2.55. The number of phenols is 3. The Balaban J connectivity index is 1.89. The van der Waals surface area contributed by atoms with E-state index in [4.69, 9.17) is 13.9 Å². The van der Waals surface area contributed by atoms with Gasteiger partial charge in [0.2, 0.25) is 0 Å². The molecular weight excluding hydrogens is 440 g/mol. The van der Waals surface area contributed by atoms with Crippen molar-refractivity contribution in [2.24, 2.45) is 0 Å². The summed E-state index contributed by atoms with van der Waals surface area (Å²) in [7, 11) is 1.26. The van der Waals surface area contributed by atoms with Crippen molar-refractivity contribution >= 4 is 11.0 Å². The van der Waals surface area contributed by atoms with Gasteiger partial charge in [0.05, 0.1) is 19.3 Å². The molecule has 1 aliphatic rings. The van der Waals surface area contributed by atoms with E-state index in [1.54, 1.807) is 0 Å². The fourth-order valence-electron chi connectivity index (χ4n) is 3.90. The summed E-state index contributed by atoms with van der Waals surface area (Å²) in [6, 6.07) is 6.17. The minimum atomic E-state index is -1.72. The molecule has 5 atom stereocenters. The van der Waals surface area contributed by atoms with Crippen LogP contribution in [0.15, 0.2) is 39.5 Å². The molecule has 3 aromatic rings. The Morgan fingerprint density at radius 3 is 2.33 bits per heavy atom. The van der Waals surface area contributed by atoms with Gasteiger partial charge in [-0.25, -0.2) is 0 Å². The maximum atomic E-state index is 12.9. The largest absolute Gasteiger partial charge is 0.506 e. The molecule has 0 amide bonds. The second-order valence-corrected chi connectivity index (χ2v) is 7.64. The number of ether oxygens (including phenoxy) is 2. The lowest BCUT2D eigenvalue weighted by molar-refractivity contribution is -0.232. The van der Waals surface area contributed by atoms with Crippen molar-refractivity contribution < 1.29 is 49.6 Å².